The van der Waals surface area contributed by atoms with Gasteiger partial charge in [-0.3, -0.25) is 18.9 Å². The van der Waals surface area contributed by atoms with E-state index < -0.39 is 17.7 Å². The quantitative estimate of drug-likeness (QED) is 0.0938. The molecule has 0 aliphatic carbocycles. The molecule has 3 aromatic heterocycles. The second-order valence-corrected chi connectivity index (χ2v) is 10.9. The summed E-state index contributed by atoms with van der Waals surface area (Å²) >= 11 is 7.44. The lowest BCUT2D eigenvalue weighted by molar-refractivity contribution is -0.132. The predicted octanol–water partition coefficient (Wildman–Crippen LogP) is 6.50. The highest BCUT2D eigenvalue weighted by molar-refractivity contribution is 7.22. The highest BCUT2D eigenvalue weighted by Crippen LogP contribution is 2.46. The van der Waals surface area contributed by atoms with Crippen LogP contribution in [0.25, 0.3) is 21.6 Å². The number of hydrogen-bond donors (Lipinski definition) is 1. The molecular weight excluding hydrogens is 576 g/mol. The first-order valence-corrected chi connectivity index (χ1v) is 14.3. The smallest absolute Gasteiger partial charge is 0.301 e. The number of hydrogen-bond acceptors (Lipinski definition) is 8. The van der Waals surface area contributed by atoms with Gasteiger partial charge >= 0.3 is 5.91 Å². The molecule has 1 unspecified atom stereocenters. The third-order valence-electron chi connectivity index (χ3n) is 6.86. The molecule has 0 radical (unpaired) electrons. The maximum Gasteiger partial charge on any atom is 0.301 e. The van der Waals surface area contributed by atoms with Crippen LogP contribution in [-0.4, -0.2) is 44.4 Å². The van der Waals surface area contributed by atoms with E-state index in [-0.39, 0.29) is 17.9 Å². The Morgan fingerprint density at radius 2 is 1.95 bits per heavy atom. The van der Waals surface area contributed by atoms with E-state index >= 15 is 0 Å². The number of anilines is 1. The van der Waals surface area contributed by atoms with Gasteiger partial charge in [-0.05, 0) is 61.9 Å². The van der Waals surface area contributed by atoms with Gasteiger partial charge in [0, 0.05) is 11.2 Å². The SMILES string of the molecule is C=CCOc1ccc(C2C(=C(O)c3c(C)nc4ccccn34)C(=O)C(=O)N2c2nc3ccc(Cl)cc3s2)cc1OCC. The largest absolute Gasteiger partial charge is 0.505 e. The van der Waals surface area contributed by atoms with Gasteiger partial charge in [0.2, 0.25) is 0 Å². The molecule has 9 nitrogen and oxygen atoms in total. The van der Waals surface area contributed by atoms with Gasteiger partial charge in [0.05, 0.1) is 34.1 Å². The monoisotopic (exact) mass is 600 g/mol. The normalized spacial score (nSPS) is 16.5. The van der Waals surface area contributed by atoms with Crippen molar-refractivity contribution >= 4 is 61.4 Å². The summed E-state index contributed by atoms with van der Waals surface area (Å²) in [5.41, 5.74) is 2.47. The van der Waals surface area contributed by atoms with Gasteiger partial charge in [0.1, 0.15) is 17.9 Å². The Hall–Kier alpha value is -4.67. The molecule has 1 aliphatic rings. The number of aromatic nitrogens is 3. The fourth-order valence-corrected chi connectivity index (χ4v) is 6.36. The Morgan fingerprint density at radius 3 is 2.74 bits per heavy atom. The van der Waals surface area contributed by atoms with Crippen LogP contribution in [0.4, 0.5) is 5.13 Å². The van der Waals surface area contributed by atoms with Crippen LogP contribution in [0.1, 0.15) is 29.9 Å². The molecule has 1 fully saturated rings. The number of rotatable bonds is 8. The number of aliphatic hydroxyl groups is 1. The predicted molar refractivity (Wildman–Crippen MR) is 163 cm³/mol. The summed E-state index contributed by atoms with van der Waals surface area (Å²) in [6, 6.07) is 14.8. The van der Waals surface area contributed by atoms with Crippen molar-refractivity contribution in [3.63, 3.8) is 0 Å². The standard InChI is InChI=1S/C31H25ClN4O5S/c1-4-14-41-21-12-9-18(15-22(21)40-5-2)27-25(28(37)26-17(3)33-24-8-6-7-13-35(24)26)29(38)30(39)36(27)31-34-20-11-10-19(32)16-23(20)42-31/h4,6-13,15-16,27,37H,1,5,14H2,2-3H3. The zero-order valence-electron chi connectivity index (χ0n) is 22.7. The minimum atomic E-state index is -1.03. The number of Topliss-reactive ketones (excluding diaryl/α,β-unsaturated/α-hetero) is 1. The average Bonchev–Trinajstić information content (AvgIpc) is 3.62. The minimum Gasteiger partial charge on any atom is -0.505 e. The number of fused-ring (bicyclic) bond motifs is 2. The number of ketones is 1. The molecule has 11 heteroatoms. The summed E-state index contributed by atoms with van der Waals surface area (Å²) in [6.07, 6.45) is 3.36. The number of nitrogens with zero attached hydrogens (tertiary/aromatic N) is 4. The summed E-state index contributed by atoms with van der Waals surface area (Å²) < 4.78 is 14.1. The second-order valence-electron chi connectivity index (χ2n) is 9.49. The van der Waals surface area contributed by atoms with Gasteiger partial charge in [0.25, 0.3) is 5.78 Å². The maximum absolute atomic E-state index is 13.8. The number of aryl methyl sites for hydroxylation is 1. The summed E-state index contributed by atoms with van der Waals surface area (Å²) in [5.74, 6) is -1.10. The van der Waals surface area contributed by atoms with E-state index in [1.54, 1.807) is 72.1 Å². The number of aliphatic hydroxyl groups excluding tert-OH is 1. The summed E-state index contributed by atoms with van der Waals surface area (Å²) in [6.45, 7) is 7.90. The molecule has 1 aliphatic heterocycles. The van der Waals surface area contributed by atoms with Crippen molar-refractivity contribution < 1.29 is 24.2 Å². The van der Waals surface area contributed by atoms with Crippen LogP contribution in [0, 0.1) is 6.92 Å². The van der Waals surface area contributed by atoms with E-state index in [1.165, 1.54) is 16.2 Å². The minimum absolute atomic E-state index is 0.0896. The Bertz CT molecular complexity index is 1930. The van der Waals surface area contributed by atoms with Gasteiger partial charge in [-0.15, -0.1) is 0 Å². The Morgan fingerprint density at radius 1 is 1.12 bits per heavy atom. The van der Waals surface area contributed by atoms with E-state index in [0.717, 1.165) is 4.70 Å². The highest BCUT2D eigenvalue weighted by Gasteiger charge is 2.49. The summed E-state index contributed by atoms with van der Waals surface area (Å²) in [5, 5.41) is 12.6. The zero-order chi connectivity index (χ0) is 29.5. The van der Waals surface area contributed by atoms with Crippen molar-refractivity contribution in [2.24, 2.45) is 0 Å². The third kappa shape index (κ3) is 4.58. The molecule has 4 heterocycles. The molecule has 1 amide bonds. The fourth-order valence-electron chi connectivity index (χ4n) is 5.09. The number of halogens is 1. The highest BCUT2D eigenvalue weighted by atomic mass is 35.5. The number of thiazole rings is 1. The van der Waals surface area contributed by atoms with Crippen molar-refractivity contribution in [3.05, 3.63) is 101 Å². The molecule has 2 aromatic carbocycles. The van der Waals surface area contributed by atoms with Crippen LogP contribution in [0.3, 0.4) is 0 Å². The number of benzene rings is 2. The second kappa shape index (κ2) is 11.0. The number of carbonyl (C=O) groups is 2. The lowest BCUT2D eigenvalue weighted by atomic mass is 9.96. The lowest BCUT2D eigenvalue weighted by Gasteiger charge is -2.24. The van der Waals surface area contributed by atoms with E-state index in [9.17, 15) is 14.7 Å². The van der Waals surface area contributed by atoms with Gasteiger partial charge in [-0.1, -0.05) is 47.7 Å². The molecule has 1 saturated heterocycles. The van der Waals surface area contributed by atoms with E-state index in [1.807, 2.05) is 13.0 Å². The summed E-state index contributed by atoms with van der Waals surface area (Å²) in [4.78, 5) is 38.1. The van der Waals surface area contributed by atoms with Crippen molar-refractivity contribution in [3.8, 4) is 11.5 Å². The number of pyridine rings is 1. The molecule has 0 bridgehead atoms. The molecule has 1 atom stereocenters. The number of amides is 1. The average molecular weight is 601 g/mol. The molecule has 1 N–H and O–H groups in total. The van der Waals surface area contributed by atoms with Crippen LogP contribution in [-0.2, 0) is 9.59 Å². The first-order chi connectivity index (χ1) is 20.3. The van der Waals surface area contributed by atoms with E-state index in [2.05, 4.69) is 16.5 Å². The molecule has 0 saturated carbocycles. The Kier molecular flexibility index (Phi) is 7.17. The number of imidazole rings is 1. The van der Waals surface area contributed by atoms with Crippen molar-refractivity contribution in [1.82, 2.24) is 14.4 Å². The number of ether oxygens (including phenoxy) is 2. The van der Waals surface area contributed by atoms with Crippen LogP contribution < -0.4 is 14.4 Å². The lowest BCUT2D eigenvalue weighted by Crippen LogP contribution is -2.29. The molecule has 5 aromatic rings. The Balaban J connectivity index is 1.60. The Labute approximate surface area is 249 Å². The molecule has 42 heavy (non-hydrogen) atoms. The van der Waals surface area contributed by atoms with Gasteiger partial charge in [-0.25, -0.2) is 9.97 Å². The molecule has 212 valence electrons. The number of carbonyl (C=O) groups excluding carboxylic acids is 2. The van der Waals surface area contributed by atoms with Gasteiger partial charge in [-0.2, -0.15) is 0 Å². The molecular formula is C31H25ClN4O5S. The zero-order valence-corrected chi connectivity index (χ0v) is 24.3. The third-order valence-corrected chi connectivity index (χ3v) is 8.11. The van der Waals surface area contributed by atoms with Crippen molar-refractivity contribution in [1.29, 1.82) is 0 Å². The van der Waals surface area contributed by atoms with E-state index in [0.29, 0.717) is 56.4 Å². The van der Waals surface area contributed by atoms with Gasteiger partial charge in [0.15, 0.2) is 22.4 Å². The first kappa shape index (κ1) is 27.5. The van der Waals surface area contributed by atoms with Crippen molar-refractivity contribution in [2.45, 2.75) is 19.9 Å². The molecule has 0 spiro atoms. The van der Waals surface area contributed by atoms with E-state index in [4.69, 9.17) is 21.1 Å². The van der Waals surface area contributed by atoms with Gasteiger partial charge < -0.3 is 14.6 Å². The van der Waals surface area contributed by atoms with Crippen LogP contribution >= 0.6 is 22.9 Å². The topological polar surface area (TPSA) is 106 Å². The van der Waals surface area contributed by atoms with Crippen LogP contribution in [0.5, 0.6) is 11.5 Å². The van der Waals surface area contributed by atoms with Crippen LogP contribution in [0.2, 0.25) is 5.02 Å². The fraction of sp³-hybridized carbons (Fsp3) is 0.161. The maximum atomic E-state index is 13.8. The summed E-state index contributed by atoms with van der Waals surface area (Å²) in [7, 11) is 0. The van der Waals surface area contributed by atoms with Crippen LogP contribution in [0.15, 0.2) is 79.0 Å². The first-order valence-electron chi connectivity index (χ1n) is 13.1. The molecule has 6 rings (SSSR count). The van der Waals surface area contributed by atoms with Crippen molar-refractivity contribution in [2.75, 3.05) is 18.1 Å².